The average Bonchev–Trinajstić information content (AvgIpc) is 3.35. The van der Waals surface area contributed by atoms with Gasteiger partial charge in [-0.15, -0.1) is 10.2 Å². The van der Waals surface area contributed by atoms with Gasteiger partial charge in [0.25, 0.3) is 0 Å². The van der Waals surface area contributed by atoms with E-state index < -0.39 is 0 Å². The van der Waals surface area contributed by atoms with E-state index in [0.717, 1.165) is 39.0 Å². The average molecular weight is 417 g/mol. The topological polar surface area (TPSA) is 85.8 Å². The maximum absolute atomic E-state index is 5.97. The van der Waals surface area contributed by atoms with E-state index in [4.69, 9.17) is 11.6 Å². The third-order valence-corrected chi connectivity index (χ3v) is 4.92. The van der Waals surface area contributed by atoms with E-state index in [2.05, 4.69) is 30.6 Å². The lowest BCUT2D eigenvalue weighted by Crippen LogP contribution is -1.98. The quantitative estimate of drug-likeness (QED) is 0.467. The normalized spacial score (nSPS) is 11.1. The van der Waals surface area contributed by atoms with Crippen LogP contribution in [0.3, 0.4) is 0 Å². The summed E-state index contributed by atoms with van der Waals surface area (Å²) in [6, 6.07) is 13.6. The van der Waals surface area contributed by atoms with Crippen molar-refractivity contribution in [1.29, 1.82) is 0 Å². The molecule has 0 saturated heterocycles. The summed E-state index contributed by atoms with van der Waals surface area (Å²) in [6.07, 6.45) is 7.94. The van der Waals surface area contributed by atoms with Crippen LogP contribution in [-0.4, -0.2) is 34.3 Å². The van der Waals surface area contributed by atoms with Gasteiger partial charge in [-0.05, 0) is 35.9 Å². The maximum atomic E-state index is 5.97. The van der Waals surface area contributed by atoms with Crippen LogP contribution in [0.1, 0.15) is 11.4 Å². The third-order valence-electron chi connectivity index (χ3n) is 4.67. The number of fused-ring (bicyclic) bond motifs is 1. The molecule has 9 heteroatoms. The van der Waals surface area contributed by atoms with Crippen molar-refractivity contribution in [3.8, 4) is 11.3 Å². The van der Waals surface area contributed by atoms with Crippen LogP contribution in [0.4, 0.5) is 11.6 Å². The Kier molecular flexibility index (Phi) is 4.61. The van der Waals surface area contributed by atoms with Crippen molar-refractivity contribution in [1.82, 2.24) is 34.3 Å². The Balaban J connectivity index is 1.41. The fourth-order valence-corrected chi connectivity index (χ4v) is 3.33. The highest BCUT2D eigenvalue weighted by atomic mass is 35.5. The molecule has 0 amide bonds. The van der Waals surface area contributed by atoms with E-state index in [1.165, 1.54) is 0 Å². The molecule has 0 aliphatic carbocycles. The summed E-state index contributed by atoms with van der Waals surface area (Å²) >= 11 is 5.97. The molecule has 30 heavy (non-hydrogen) atoms. The van der Waals surface area contributed by atoms with Gasteiger partial charge in [-0.3, -0.25) is 9.08 Å². The highest BCUT2D eigenvalue weighted by Gasteiger charge is 2.10. The lowest BCUT2D eigenvalue weighted by molar-refractivity contribution is 0.768. The summed E-state index contributed by atoms with van der Waals surface area (Å²) in [6.45, 7) is 0. The van der Waals surface area contributed by atoms with Crippen LogP contribution in [0, 0.1) is 0 Å². The minimum atomic E-state index is 0.505. The Morgan fingerprint density at radius 2 is 1.93 bits per heavy atom. The van der Waals surface area contributed by atoms with Gasteiger partial charge < -0.3 is 5.32 Å². The summed E-state index contributed by atoms with van der Waals surface area (Å²) in [7, 11) is 1.86. The van der Waals surface area contributed by atoms with Crippen LogP contribution in [-0.2, 0) is 13.5 Å². The second-order valence-corrected chi connectivity index (χ2v) is 7.29. The molecule has 148 valence electrons. The van der Waals surface area contributed by atoms with Gasteiger partial charge in [-0.25, -0.2) is 9.97 Å². The molecule has 5 aromatic rings. The number of pyridine rings is 1. The zero-order valence-corrected chi connectivity index (χ0v) is 16.8. The number of halogens is 1. The van der Waals surface area contributed by atoms with E-state index >= 15 is 0 Å². The van der Waals surface area contributed by atoms with Crippen LogP contribution in [0.5, 0.6) is 0 Å². The molecule has 1 aromatic carbocycles. The van der Waals surface area contributed by atoms with E-state index in [0.29, 0.717) is 12.4 Å². The predicted octanol–water partition coefficient (Wildman–Crippen LogP) is 3.91. The van der Waals surface area contributed by atoms with Gasteiger partial charge in [-0.1, -0.05) is 23.7 Å². The molecule has 0 aliphatic rings. The molecular weight excluding hydrogens is 400 g/mol. The molecule has 4 aromatic heterocycles. The van der Waals surface area contributed by atoms with Crippen LogP contribution in [0.15, 0.2) is 67.3 Å². The first-order chi connectivity index (χ1) is 14.6. The molecule has 1 N–H and O–H groups in total. The van der Waals surface area contributed by atoms with Gasteiger partial charge in [-0.2, -0.15) is 5.10 Å². The number of hydrogen-bond donors (Lipinski definition) is 1. The molecule has 0 aliphatic heterocycles. The van der Waals surface area contributed by atoms with E-state index in [-0.39, 0.29) is 0 Å². The van der Waals surface area contributed by atoms with E-state index in [1.807, 2.05) is 66.3 Å². The smallest absolute Gasteiger partial charge is 0.227 e. The molecular formula is C21H17ClN8. The Morgan fingerprint density at radius 1 is 1.07 bits per heavy atom. The lowest BCUT2D eigenvalue weighted by atomic mass is 10.1. The third kappa shape index (κ3) is 3.72. The fraction of sp³-hybridized carbons (Fsp3) is 0.0952. The lowest BCUT2D eigenvalue weighted by Gasteiger charge is -2.06. The van der Waals surface area contributed by atoms with Crippen molar-refractivity contribution >= 4 is 28.9 Å². The molecule has 0 fully saturated rings. The highest BCUT2D eigenvalue weighted by Crippen LogP contribution is 2.21. The zero-order chi connectivity index (χ0) is 20.5. The van der Waals surface area contributed by atoms with Crippen molar-refractivity contribution < 1.29 is 0 Å². The molecule has 0 radical (unpaired) electrons. The molecule has 0 bridgehead atoms. The van der Waals surface area contributed by atoms with E-state index in [1.54, 1.807) is 17.1 Å². The number of nitrogens with one attached hydrogen (secondary N) is 1. The summed E-state index contributed by atoms with van der Waals surface area (Å²) in [5.41, 5.74) is 4.44. The van der Waals surface area contributed by atoms with Gasteiger partial charge in [0.2, 0.25) is 5.95 Å². The first-order valence-corrected chi connectivity index (χ1v) is 9.69. The predicted molar refractivity (Wildman–Crippen MR) is 115 cm³/mol. The second-order valence-electron chi connectivity index (χ2n) is 6.86. The van der Waals surface area contributed by atoms with Gasteiger partial charge in [0, 0.05) is 42.6 Å². The highest BCUT2D eigenvalue weighted by molar-refractivity contribution is 6.30. The number of aryl methyl sites for hydroxylation is 1. The number of rotatable bonds is 5. The maximum Gasteiger partial charge on any atom is 0.227 e. The van der Waals surface area contributed by atoms with Crippen LogP contribution < -0.4 is 5.32 Å². The van der Waals surface area contributed by atoms with Gasteiger partial charge in [0.1, 0.15) is 5.82 Å². The van der Waals surface area contributed by atoms with Crippen molar-refractivity contribution in [3.63, 3.8) is 0 Å². The molecule has 0 saturated carbocycles. The molecule has 4 heterocycles. The van der Waals surface area contributed by atoms with Crippen molar-refractivity contribution in [2.75, 3.05) is 5.32 Å². The van der Waals surface area contributed by atoms with Crippen LogP contribution >= 0.6 is 11.6 Å². The second kappa shape index (κ2) is 7.57. The molecule has 0 spiro atoms. The Morgan fingerprint density at radius 3 is 2.73 bits per heavy atom. The number of hydrogen-bond acceptors (Lipinski definition) is 6. The minimum Gasteiger partial charge on any atom is -0.321 e. The summed E-state index contributed by atoms with van der Waals surface area (Å²) in [4.78, 5) is 8.89. The number of aromatic nitrogens is 7. The van der Waals surface area contributed by atoms with Gasteiger partial charge in [0.15, 0.2) is 5.65 Å². The van der Waals surface area contributed by atoms with Crippen molar-refractivity contribution in [3.05, 3.63) is 83.7 Å². The van der Waals surface area contributed by atoms with Crippen LogP contribution in [0.2, 0.25) is 5.02 Å². The van der Waals surface area contributed by atoms with Crippen LogP contribution in [0.25, 0.3) is 16.9 Å². The SMILES string of the molecule is Cn1cc(Nc2nccc(-c3ccn4c(Cc5ccc(Cl)cc5)nnc4c3)n2)cn1. The van der Waals surface area contributed by atoms with Crippen molar-refractivity contribution in [2.45, 2.75) is 6.42 Å². The monoisotopic (exact) mass is 416 g/mol. The van der Waals surface area contributed by atoms with Crippen molar-refractivity contribution in [2.24, 2.45) is 7.05 Å². The molecule has 8 nitrogen and oxygen atoms in total. The van der Waals surface area contributed by atoms with Gasteiger partial charge in [0.05, 0.1) is 17.6 Å². The van der Waals surface area contributed by atoms with Gasteiger partial charge >= 0.3 is 0 Å². The summed E-state index contributed by atoms with van der Waals surface area (Å²) < 4.78 is 3.70. The summed E-state index contributed by atoms with van der Waals surface area (Å²) in [5.74, 6) is 1.37. The largest absolute Gasteiger partial charge is 0.321 e. The van der Waals surface area contributed by atoms with E-state index in [9.17, 15) is 0 Å². The number of nitrogens with zero attached hydrogens (tertiary/aromatic N) is 7. The summed E-state index contributed by atoms with van der Waals surface area (Å²) in [5, 5.41) is 16.7. The Bertz CT molecular complexity index is 1320. The Hall–Kier alpha value is -3.78. The standard InChI is InChI=1S/C21H17ClN8/c1-29-13-17(12-24-29)25-21-23-8-6-18(26-21)15-7-9-30-19(27-28-20(30)11-15)10-14-2-4-16(22)5-3-14/h2-9,11-13H,10H2,1H3,(H,23,25,26). The zero-order valence-electron chi connectivity index (χ0n) is 16.1. The first-order valence-electron chi connectivity index (χ1n) is 9.31. The fourth-order valence-electron chi connectivity index (χ4n) is 3.20. The Labute approximate surface area is 177 Å². The first kappa shape index (κ1) is 18.3. The molecule has 0 unspecified atom stereocenters. The molecule has 0 atom stereocenters. The minimum absolute atomic E-state index is 0.505. The number of anilines is 2. The number of benzene rings is 1. The molecule has 5 rings (SSSR count).